The van der Waals surface area contributed by atoms with E-state index in [1.807, 2.05) is 0 Å². The number of amides is 1. The van der Waals surface area contributed by atoms with Gasteiger partial charge in [0.25, 0.3) is 0 Å². The molecule has 2 N–H and O–H groups in total. The average Bonchev–Trinajstić information content (AvgIpc) is 2.54. The van der Waals surface area contributed by atoms with E-state index in [4.69, 9.17) is 0 Å². The van der Waals surface area contributed by atoms with E-state index in [9.17, 15) is 4.79 Å². The number of carbonyl (C=O) groups is 1. The van der Waals surface area contributed by atoms with Crippen molar-refractivity contribution >= 4 is 21.8 Å². The Morgan fingerprint density at radius 1 is 1.22 bits per heavy atom. The number of alkyl halides is 1. The highest BCUT2D eigenvalue weighted by atomic mass is 79.9. The number of carbonyl (C=O) groups excluding carboxylic acids is 1. The average molecular weight is 387 g/mol. The smallest absolute Gasteiger partial charge is 0.249 e. The molecule has 5 atom stereocenters. The van der Waals surface area contributed by atoms with Gasteiger partial charge in [-0.15, -0.1) is 0 Å². The molecule has 1 aliphatic carbocycles. The van der Waals surface area contributed by atoms with Crippen LogP contribution in [-0.4, -0.2) is 65.3 Å². The minimum Gasteiger partial charge on any atom is -0.298 e. The molecular formula is C17H31BrN4O. The van der Waals surface area contributed by atoms with Crippen LogP contribution in [0.4, 0.5) is 0 Å². The second-order valence-corrected chi connectivity index (χ2v) is 8.69. The van der Waals surface area contributed by atoms with E-state index in [0.717, 1.165) is 38.0 Å². The number of hydrazine groups is 1. The molecule has 3 rings (SSSR count). The fourth-order valence-electron chi connectivity index (χ4n) is 4.47. The zero-order valence-electron chi connectivity index (χ0n) is 14.4. The summed E-state index contributed by atoms with van der Waals surface area (Å²) in [6.07, 6.45) is 5.65. The number of piperazine rings is 1. The van der Waals surface area contributed by atoms with Gasteiger partial charge in [-0.05, 0) is 25.2 Å². The number of hydrogen-bond acceptors (Lipinski definition) is 4. The fourth-order valence-corrected chi connectivity index (χ4v) is 5.10. The summed E-state index contributed by atoms with van der Waals surface area (Å²) in [5.74, 6) is 1.81. The molecule has 2 heterocycles. The van der Waals surface area contributed by atoms with Gasteiger partial charge in [-0.25, -0.2) is 5.43 Å². The fraction of sp³-hybridized carbons (Fsp3) is 0.941. The Bertz CT molecular complexity index is 421. The molecular weight excluding hydrogens is 356 g/mol. The summed E-state index contributed by atoms with van der Waals surface area (Å²) < 4.78 is 0. The summed E-state index contributed by atoms with van der Waals surface area (Å²) in [6.45, 7) is 10.1. The Morgan fingerprint density at radius 2 is 2.00 bits per heavy atom. The van der Waals surface area contributed by atoms with E-state index in [2.05, 4.69) is 50.4 Å². The van der Waals surface area contributed by atoms with Gasteiger partial charge in [-0.3, -0.25) is 20.0 Å². The molecule has 0 aromatic carbocycles. The lowest BCUT2D eigenvalue weighted by Crippen LogP contribution is -2.65. The molecule has 0 aromatic rings. The predicted molar refractivity (Wildman–Crippen MR) is 96.4 cm³/mol. The van der Waals surface area contributed by atoms with Crippen molar-refractivity contribution in [1.29, 1.82) is 0 Å². The van der Waals surface area contributed by atoms with Crippen molar-refractivity contribution in [3.05, 3.63) is 0 Å². The molecule has 3 aliphatic rings. The Hall–Kier alpha value is -0.170. The van der Waals surface area contributed by atoms with Gasteiger partial charge in [0, 0.05) is 44.8 Å². The highest BCUT2D eigenvalue weighted by molar-refractivity contribution is 9.10. The van der Waals surface area contributed by atoms with E-state index in [1.54, 1.807) is 0 Å². The number of hydrogen-bond donors (Lipinski definition) is 2. The molecule has 23 heavy (non-hydrogen) atoms. The number of rotatable bonds is 3. The van der Waals surface area contributed by atoms with Crippen LogP contribution in [0.15, 0.2) is 0 Å². The summed E-state index contributed by atoms with van der Waals surface area (Å²) in [7, 11) is 0. The normalized spacial score (nSPS) is 40.8. The second kappa shape index (κ2) is 7.81. The van der Waals surface area contributed by atoms with Crippen LogP contribution < -0.4 is 10.9 Å². The van der Waals surface area contributed by atoms with Crippen molar-refractivity contribution in [1.82, 2.24) is 20.7 Å². The first-order chi connectivity index (χ1) is 11.1. The zero-order valence-corrected chi connectivity index (χ0v) is 16.0. The molecule has 1 amide bonds. The Kier molecular flexibility index (Phi) is 5.99. The molecule has 1 saturated carbocycles. The monoisotopic (exact) mass is 386 g/mol. The summed E-state index contributed by atoms with van der Waals surface area (Å²) in [4.78, 5) is 16.9. The lowest BCUT2D eigenvalue weighted by Gasteiger charge is -2.47. The lowest BCUT2D eigenvalue weighted by molar-refractivity contribution is -0.124. The molecule has 0 bridgehead atoms. The van der Waals surface area contributed by atoms with Crippen LogP contribution in [0.25, 0.3) is 0 Å². The Morgan fingerprint density at radius 3 is 2.74 bits per heavy atom. The highest BCUT2D eigenvalue weighted by Gasteiger charge is 2.37. The first-order valence-corrected chi connectivity index (χ1v) is 10.1. The molecule has 2 saturated heterocycles. The van der Waals surface area contributed by atoms with Gasteiger partial charge in [0.05, 0.1) is 0 Å². The van der Waals surface area contributed by atoms with E-state index in [-0.39, 0.29) is 16.8 Å². The van der Waals surface area contributed by atoms with Crippen molar-refractivity contribution in [2.75, 3.05) is 32.7 Å². The predicted octanol–water partition coefficient (Wildman–Crippen LogP) is 1.59. The summed E-state index contributed by atoms with van der Waals surface area (Å²) in [5.41, 5.74) is 5.73. The first kappa shape index (κ1) is 17.6. The minimum absolute atomic E-state index is 0.0485. The largest absolute Gasteiger partial charge is 0.298 e. The van der Waals surface area contributed by atoms with Crippen LogP contribution in [0.1, 0.15) is 39.5 Å². The topological polar surface area (TPSA) is 47.6 Å². The molecule has 0 aromatic heterocycles. The van der Waals surface area contributed by atoms with Crippen LogP contribution >= 0.6 is 15.9 Å². The van der Waals surface area contributed by atoms with Crippen LogP contribution in [0.3, 0.4) is 0 Å². The molecule has 2 aliphatic heterocycles. The van der Waals surface area contributed by atoms with Crippen LogP contribution in [0, 0.1) is 11.8 Å². The van der Waals surface area contributed by atoms with Gasteiger partial charge < -0.3 is 0 Å². The van der Waals surface area contributed by atoms with Gasteiger partial charge in [-0.1, -0.05) is 42.1 Å². The van der Waals surface area contributed by atoms with Crippen LogP contribution in [0.5, 0.6) is 0 Å². The van der Waals surface area contributed by atoms with Crippen molar-refractivity contribution in [2.24, 2.45) is 11.8 Å². The number of nitrogens with one attached hydrogen (secondary N) is 2. The van der Waals surface area contributed by atoms with E-state index < -0.39 is 0 Å². The highest BCUT2D eigenvalue weighted by Crippen LogP contribution is 2.31. The minimum atomic E-state index is -0.110. The maximum atomic E-state index is 11.8. The van der Waals surface area contributed by atoms with Crippen LogP contribution in [-0.2, 0) is 4.79 Å². The van der Waals surface area contributed by atoms with Crippen molar-refractivity contribution < 1.29 is 4.79 Å². The SMILES string of the molecule is CC1CCCCC1CN1CCN(C2CNNC(=O)C2Br)C[C@H]1C. The van der Waals surface area contributed by atoms with Crippen molar-refractivity contribution in [3.63, 3.8) is 0 Å². The standard InChI is InChI=1S/C17H31BrN4O/c1-12-5-3-4-6-14(12)11-21-7-8-22(10-13(21)2)15-9-19-20-17(23)16(15)18/h12-16,19H,3-11H2,1-2H3,(H,20,23)/t12?,13-,14?,15?,16?/m1/s1. The third-order valence-corrected chi connectivity index (χ3v) is 7.16. The van der Waals surface area contributed by atoms with E-state index in [1.165, 1.54) is 32.2 Å². The molecule has 5 nitrogen and oxygen atoms in total. The first-order valence-electron chi connectivity index (χ1n) is 9.21. The Labute approximate surface area is 148 Å². The lowest BCUT2D eigenvalue weighted by atomic mass is 9.80. The van der Waals surface area contributed by atoms with Gasteiger partial charge >= 0.3 is 0 Å². The van der Waals surface area contributed by atoms with Gasteiger partial charge in [0.2, 0.25) is 5.91 Å². The molecule has 0 spiro atoms. The van der Waals surface area contributed by atoms with Crippen molar-refractivity contribution in [3.8, 4) is 0 Å². The van der Waals surface area contributed by atoms with E-state index in [0.29, 0.717) is 6.04 Å². The maximum absolute atomic E-state index is 11.8. The molecule has 3 fully saturated rings. The third-order valence-electron chi connectivity index (χ3n) is 6.13. The summed E-state index contributed by atoms with van der Waals surface area (Å²) in [6, 6.07) is 0.824. The molecule has 6 heteroatoms. The van der Waals surface area contributed by atoms with Gasteiger partial charge in [0.1, 0.15) is 4.83 Å². The van der Waals surface area contributed by atoms with Crippen molar-refractivity contribution in [2.45, 2.75) is 56.4 Å². The number of halogens is 1. The van der Waals surface area contributed by atoms with Gasteiger partial charge in [-0.2, -0.15) is 0 Å². The molecule has 4 unspecified atom stereocenters. The van der Waals surface area contributed by atoms with E-state index >= 15 is 0 Å². The molecule has 0 radical (unpaired) electrons. The van der Waals surface area contributed by atoms with Crippen LogP contribution in [0.2, 0.25) is 0 Å². The Balaban J connectivity index is 1.53. The number of nitrogens with zero attached hydrogens (tertiary/aromatic N) is 2. The second-order valence-electron chi connectivity index (χ2n) is 7.70. The maximum Gasteiger partial charge on any atom is 0.249 e. The summed E-state index contributed by atoms with van der Waals surface area (Å²) >= 11 is 3.57. The molecule has 132 valence electrons. The van der Waals surface area contributed by atoms with Gasteiger partial charge in [0.15, 0.2) is 0 Å². The zero-order chi connectivity index (χ0) is 16.4. The third kappa shape index (κ3) is 4.09. The quantitative estimate of drug-likeness (QED) is 0.723. The summed E-state index contributed by atoms with van der Waals surface area (Å²) in [5, 5.41) is 0.